The van der Waals surface area contributed by atoms with Gasteiger partial charge in [0, 0.05) is 43.4 Å². The van der Waals surface area contributed by atoms with Crippen molar-refractivity contribution in [1.82, 2.24) is 9.80 Å². The maximum Gasteiger partial charge on any atom is 0.241 e. The summed E-state index contributed by atoms with van der Waals surface area (Å²) in [5.74, 6) is 0.0185. The minimum Gasteiger partial charge on any atom is -0.325 e. The molecule has 0 unspecified atom stereocenters. The van der Waals surface area contributed by atoms with Crippen molar-refractivity contribution in [3.05, 3.63) is 65.2 Å². The number of carbonyl (C=O) groups is 1. The highest BCUT2D eigenvalue weighted by Crippen LogP contribution is 2.16. The highest BCUT2D eigenvalue weighted by Gasteiger charge is 2.25. The Morgan fingerprint density at radius 2 is 1.81 bits per heavy atom. The standard InChI is InChI=1S/C21H26ClN3O/c1-17(21(26)23-20-9-5-8-19(22)16-20)25-14-12-24(13-15-25)11-10-18-6-3-2-4-7-18/h2-9,16-17H,10-15H2,1H3,(H,23,26)/t17-/m0/s1. The Bertz CT molecular complexity index is 714. The van der Waals surface area contributed by atoms with Crippen molar-refractivity contribution < 1.29 is 4.79 Å². The largest absolute Gasteiger partial charge is 0.325 e. The molecule has 1 aliphatic rings. The van der Waals surface area contributed by atoms with Crippen molar-refractivity contribution in [2.75, 3.05) is 38.0 Å². The fourth-order valence-corrected chi connectivity index (χ4v) is 3.48. The van der Waals surface area contributed by atoms with E-state index in [0.717, 1.165) is 44.8 Å². The molecule has 138 valence electrons. The van der Waals surface area contributed by atoms with Crippen LogP contribution in [0.2, 0.25) is 5.02 Å². The molecule has 26 heavy (non-hydrogen) atoms. The van der Waals surface area contributed by atoms with E-state index in [4.69, 9.17) is 11.6 Å². The first-order chi connectivity index (χ1) is 12.6. The number of nitrogens with zero attached hydrogens (tertiary/aromatic N) is 2. The second-order valence-corrected chi connectivity index (χ2v) is 7.23. The summed E-state index contributed by atoms with van der Waals surface area (Å²) in [5, 5.41) is 3.59. The van der Waals surface area contributed by atoms with Gasteiger partial charge in [-0.1, -0.05) is 48.0 Å². The number of amides is 1. The summed E-state index contributed by atoms with van der Waals surface area (Å²) in [6.45, 7) is 6.88. The van der Waals surface area contributed by atoms with Crippen molar-refractivity contribution in [3.63, 3.8) is 0 Å². The van der Waals surface area contributed by atoms with Crippen LogP contribution in [0, 0.1) is 0 Å². The van der Waals surface area contributed by atoms with E-state index >= 15 is 0 Å². The number of carbonyl (C=O) groups excluding carboxylic acids is 1. The molecule has 5 heteroatoms. The zero-order valence-corrected chi connectivity index (χ0v) is 16.0. The number of piperazine rings is 1. The molecule has 0 spiro atoms. The van der Waals surface area contributed by atoms with E-state index in [1.807, 2.05) is 19.1 Å². The van der Waals surface area contributed by atoms with Gasteiger partial charge in [0.1, 0.15) is 0 Å². The van der Waals surface area contributed by atoms with Crippen LogP contribution in [0.15, 0.2) is 54.6 Å². The van der Waals surface area contributed by atoms with Gasteiger partial charge in [0.25, 0.3) is 0 Å². The van der Waals surface area contributed by atoms with Crippen molar-refractivity contribution in [3.8, 4) is 0 Å². The zero-order valence-electron chi connectivity index (χ0n) is 15.2. The topological polar surface area (TPSA) is 35.6 Å². The highest BCUT2D eigenvalue weighted by molar-refractivity contribution is 6.30. The number of halogens is 1. The van der Waals surface area contributed by atoms with Crippen LogP contribution in [-0.4, -0.2) is 54.5 Å². The molecule has 2 aromatic rings. The third kappa shape index (κ3) is 5.31. The predicted molar refractivity (Wildman–Crippen MR) is 108 cm³/mol. The quantitative estimate of drug-likeness (QED) is 0.843. The number of rotatable bonds is 6. The van der Waals surface area contributed by atoms with Crippen LogP contribution in [0.3, 0.4) is 0 Å². The second kappa shape index (κ2) is 9.17. The Hall–Kier alpha value is -1.88. The Labute approximate surface area is 160 Å². The second-order valence-electron chi connectivity index (χ2n) is 6.79. The Kier molecular flexibility index (Phi) is 6.67. The Morgan fingerprint density at radius 1 is 1.08 bits per heavy atom. The maximum absolute atomic E-state index is 12.5. The molecule has 0 radical (unpaired) electrons. The first kappa shape index (κ1) is 18.9. The summed E-state index contributed by atoms with van der Waals surface area (Å²) in [6, 6.07) is 17.7. The summed E-state index contributed by atoms with van der Waals surface area (Å²) in [6.07, 6.45) is 1.08. The average molecular weight is 372 g/mol. The van der Waals surface area contributed by atoms with E-state index in [0.29, 0.717) is 5.02 Å². The molecule has 4 nitrogen and oxygen atoms in total. The van der Waals surface area contributed by atoms with Crippen LogP contribution in [0.4, 0.5) is 5.69 Å². The molecule has 1 amide bonds. The number of hydrogen-bond donors (Lipinski definition) is 1. The van der Waals surface area contributed by atoms with Gasteiger partial charge in [-0.25, -0.2) is 0 Å². The lowest BCUT2D eigenvalue weighted by molar-refractivity contribution is -0.121. The van der Waals surface area contributed by atoms with Gasteiger partial charge >= 0.3 is 0 Å². The first-order valence-electron chi connectivity index (χ1n) is 9.18. The molecule has 1 heterocycles. The molecule has 2 aromatic carbocycles. The molecule has 0 saturated carbocycles. The molecule has 1 aliphatic heterocycles. The molecule has 3 rings (SSSR count). The first-order valence-corrected chi connectivity index (χ1v) is 9.56. The van der Waals surface area contributed by atoms with Gasteiger partial charge in [-0.15, -0.1) is 0 Å². The van der Waals surface area contributed by atoms with Crippen molar-refractivity contribution in [2.45, 2.75) is 19.4 Å². The lowest BCUT2D eigenvalue weighted by atomic mass is 10.1. The molecule has 1 atom stereocenters. The van der Waals surface area contributed by atoms with E-state index in [2.05, 4.69) is 45.4 Å². The van der Waals surface area contributed by atoms with Crippen LogP contribution < -0.4 is 5.32 Å². The monoisotopic (exact) mass is 371 g/mol. The normalized spacial score (nSPS) is 17.0. The van der Waals surface area contributed by atoms with E-state index < -0.39 is 0 Å². The number of hydrogen-bond acceptors (Lipinski definition) is 3. The van der Waals surface area contributed by atoms with Crippen molar-refractivity contribution in [1.29, 1.82) is 0 Å². The Morgan fingerprint density at radius 3 is 2.50 bits per heavy atom. The summed E-state index contributed by atoms with van der Waals surface area (Å²) >= 11 is 5.98. The van der Waals surface area contributed by atoms with Gasteiger partial charge in [-0.3, -0.25) is 9.69 Å². The van der Waals surface area contributed by atoms with Gasteiger partial charge < -0.3 is 10.2 Å². The van der Waals surface area contributed by atoms with Crippen LogP contribution in [0.1, 0.15) is 12.5 Å². The minimum atomic E-state index is -0.148. The maximum atomic E-state index is 12.5. The molecule has 0 aliphatic carbocycles. The molecule has 1 saturated heterocycles. The van der Waals surface area contributed by atoms with Crippen LogP contribution in [-0.2, 0) is 11.2 Å². The highest BCUT2D eigenvalue weighted by atomic mass is 35.5. The summed E-state index contributed by atoms with van der Waals surface area (Å²) in [7, 11) is 0. The van der Waals surface area contributed by atoms with Gasteiger partial charge in [0.2, 0.25) is 5.91 Å². The van der Waals surface area contributed by atoms with Crippen LogP contribution in [0.5, 0.6) is 0 Å². The summed E-state index contributed by atoms with van der Waals surface area (Å²) in [4.78, 5) is 17.2. The molecule has 0 bridgehead atoms. The summed E-state index contributed by atoms with van der Waals surface area (Å²) < 4.78 is 0. The number of benzene rings is 2. The molecular weight excluding hydrogens is 346 g/mol. The zero-order chi connectivity index (χ0) is 18.4. The number of anilines is 1. The lowest BCUT2D eigenvalue weighted by Crippen LogP contribution is -2.53. The van der Waals surface area contributed by atoms with E-state index in [-0.39, 0.29) is 11.9 Å². The molecule has 0 aromatic heterocycles. The van der Waals surface area contributed by atoms with Gasteiger partial charge in [-0.05, 0) is 37.1 Å². The molecule has 1 fully saturated rings. The predicted octanol–water partition coefficient (Wildman–Crippen LogP) is 3.53. The SMILES string of the molecule is C[C@@H](C(=O)Nc1cccc(Cl)c1)N1CCN(CCc2ccccc2)CC1. The fraction of sp³-hybridized carbons (Fsp3) is 0.381. The molecule has 1 N–H and O–H groups in total. The van der Waals surface area contributed by atoms with Gasteiger partial charge in [-0.2, -0.15) is 0 Å². The van der Waals surface area contributed by atoms with Gasteiger partial charge in [0.05, 0.1) is 6.04 Å². The number of nitrogens with one attached hydrogen (secondary N) is 1. The Balaban J connectivity index is 1.44. The van der Waals surface area contributed by atoms with Crippen LogP contribution in [0.25, 0.3) is 0 Å². The van der Waals surface area contributed by atoms with Crippen LogP contribution >= 0.6 is 11.6 Å². The van der Waals surface area contributed by atoms with Crippen molar-refractivity contribution in [2.24, 2.45) is 0 Å². The minimum absolute atomic E-state index is 0.0185. The fourth-order valence-electron chi connectivity index (χ4n) is 3.28. The third-order valence-corrected chi connectivity index (χ3v) is 5.22. The smallest absolute Gasteiger partial charge is 0.241 e. The van der Waals surface area contributed by atoms with E-state index in [1.165, 1.54) is 5.56 Å². The molecular formula is C21H26ClN3O. The van der Waals surface area contributed by atoms with Crippen molar-refractivity contribution >= 4 is 23.2 Å². The average Bonchev–Trinajstić information content (AvgIpc) is 2.67. The van der Waals surface area contributed by atoms with E-state index in [9.17, 15) is 4.79 Å². The van der Waals surface area contributed by atoms with Gasteiger partial charge in [0.15, 0.2) is 0 Å². The lowest BCUT2D eigenvalue weighted by Gasteiger charge is -2.37. The third-order valence-electron chi connectivity index (χ3n) is 4.99. The summed E-state index contributed by atoms with van der Waals surface area (Å²) in [5.41, 5.74) is 2.13. The van der Waals surface area contributed by atoms with E-state index in [1.54, 1.807) is 12.1 Å².